The van der Waals surface area contributed by atoms with E-state index in [1.54, 1.807) is 36.4 Å². The van der Waals surface area contributed by atoms with Crippen molar-refractivity contribution >= 4 is 23.2 Å². The summed E-state index contributed by atoms with van der Waals surface area (Å²) < 4.78 is 19.5. The van der Waals surface area contributed by atoms with E-state index < -0.39 is 0 Å². The number of halogens is 2. The van der Waals surface area contributed by atoms with Crippen LogP contribution in [0.3, 0.4) is 0 Å². The monoisotopic (exact) mass is 388 g/mol. The Morgan fingerprint density at radius 3 is 2.81 bits per heavy atom. The van der Waals surface area contributed by atoms with Crippen molar-refractivity contribution in [3.63, 3.8) is 0 Å². The van der Waals surface area contributed by atoms with E-state index in [1.807, 2.05) is 11.0 Å². The lowest BCUT2D eigenvalue weighted by Gasteiger charge is -2.43. The minimum atomic E-state index is -0.234. The molecule has 2 aliphatic rings. The van der Waals surface area contributed by atoms with E-state index in [-0.39, 0.29) is 23.7 Å². The smallest absolute Gasteiger partial charge is 0.253 e. The molecule has 2 heterocycles. The molecule has 27 heavy (non-hydrogen) atoms. The average Bonchev–Trinajstić information content (AvgIpc) is 2.89. The van der Waals surface area contributed by atoms with Crippen molar-refractivity contribution in [3.05, 3.63) is 64.9 Å². The number of amides is 1. The molecule has 0 saturated carbocycles. The van der Waals surface area contributed by atoms with Crippen LogP contribution in [0, 0.1) is 11.7 Å². The molecule has 2 aromatic rings. The highest BCUT2D eigenvalue weighted by molar-refractivity contribution is 6.30. The van der Waals surface area contributed by atoms with Gasteiger partial charge in [0, 0.05) is 47.9 Å². The summed E-state index contributed by atoms with van der Waals surface area (Å²) in [5, 5.41) is 0.561. The van der Waals surface area contributed by atoms with E-state index in [1.165, 1.54) is 6.07 Å². The standard InChI is InChI=1S/C21H22ClFN2O2/c22-17-4-1-3-15(11-17)21(26)24-8-7-20-16(13-24)14-27-10-9-25(20)19-6-2-5-18(23)12-19/h1-6,11-12,16,20H,7-10,13-14H2/t16-,20+/m1/s1. The number of fused-ring (bicyclic) bond motifs is 1. The minimum Gasteiger partial charge on any atom is -0.379 e. The molecule has 4 nitrogen and oxygen atoms in total. The highest BCUT2D eigenvalue weighted by Gasteiger charge is 2.37. The van der Waals surface area contributed by atoms with Gasteiger partial charge in [-0.3, -0.25) is 4.79 Å². The van der Waals surface area contributed by atoms with E-state index in [9.17, 15) is 9.18 Å². The van der Waals surface area contributed by atoms with Crippen LogP contribution < -0.4 is 4.90 Å². The van der Waals surface area contributed by atoms with Crippen LogP contribution in [0.2, 0.25) is 5.02 Å². The SMILES string of the molecule is O=C(c1cccc(Cl)c1)N1CC[C@H]2[C@@H](COCCN2c2cccc(F)c2)C1. The van der Waals surface area contributed by atoms with Crippen LogP contribution in [0.15, 0.2) is 48.5 Å². The van der Waals surface area contributed by atoms with Gasteiger partial charge in [-0.05, 0) is 42.8 Å². The molecule has 2 aromatic carbocycles. The van der Waals surface area contributed by atoms with Gasteiger partial charge in [0.25, 0.3) is 5.91 Å². The van der Waals surface area contributed by atoms with Gasteiger partial charge in [-0.15, -0.1) is 0 Å². The third-order valence-corrected chi connectivity index (χ3v) is 5.64. The fourth-order valence-corrected chi connectivity index (χ4v) is 4.31. The van der Waals surface area contributed by atoms with Crippen molar-refractivity contribution in [3.8, 4) is 0 Å². The first kappa shape index (κ1) is 18.3. The van der Waals surface area contributed by atoms with E-state index >= 15 is 0 Å². The van der Waals surface area contributed by atoms with E-state index in [0.29, 0.717) is 36.9 Å². The van der Waals surface area contributed by atoms with Crippen LogP contribution in [0.4, 0.5) is 10.1 Å². The van der Waals surface area contributed by atoms with Gasteiger partial charge >= 0.3 is 0 Å². The number of hydrogen-bond acceptors (Lipinski definition) is 3. The van der Waals surface area contributed by atoms with E-state index in [0.717, 1.165) is 18.7 Å². The second kappa shape index (κ2) is 7.87. The van der Waals surface area contributed by atoms with Crippen molar-refractivity contribution in [1.82, 2.24) is 4.90 Å². The van der Waals surface area contributed by atoms with E-state index in [2.05, 4.69) is 4.90 Å². The van der Waals surface area contributed by atoms with Crippen molar-refractivity contribution in [1.29, 1.82) is 0 Å². The largest absolute Gasteiger partial charge is 0.379 e. The Bertz CT molecular complexity index is 831. The number of benzene rings is 2. The molecule has 2 atom stereocenters. The summed E-state index contributed by atoms with van der Waals surface area (Å²) in [4.78, 5) is 17.0. The van der Waals surface area contributed by atoms with Gasteiger partial charge in [0.05, 0.1) is 13.2 Å². The van der Waals surface area contributed by atoms with Crippen molar-refractivity contribution in [2.24, 2.45) is 5.92 Å². The van der Waals surface area contributed by atoms with Gasteiger partial charge in [0.2, 0.25) is 0 Å². The number of rotatable bonds is 2. The zero-order valence-electron chi connectivity index (χ0n) is 15.0. The van der Waals surface area contributed by atoms with Gasteiger partial charge < -0.3 is 14.5 Å². The summed E-state index contributed by atoms with van der Waals surface area (Å²) in [5.74, 6) is -0.0482. The highest BCUT2D eigenvalue weighted by atomic mass is 35.5. The Morgan fingerprint density at radius 1 is 1.15 bits per heavy atom. The third kappa shape index (κ3) is 3.94. The Kier molecular flexibility index (Phi) is 5.32. The number of anilines is 1. The number of hydrogen-bond donors (Lipinski definition) is 0. The van der Waals surface area contributed by atoms with Gasteiger partial charge in [0.15, 0.2) is 0 Å². The molecular weight excluding hydrogens is 367 g/mol. The predicted octanol–water partition coefficient (Wildman–Crippen LogP) is 3.85. The lowest BCUT2D eigenvalue weighted by Crippen LogP contribution is -2.53. The van der Waals surface area contributed by atoms with Gasteiger partial charge in [0.1, 0.15) is 5.82 Å². The fourth-order valence-electron chi connectivity index (χ4n) is 4.12. The molecule has 2 saturated heterocycles. The van der Waals surface area contributed by atoms with Crippen molar-refractivity contribution in [2.75, 3.05) is 37.7 Å². The summed E-state index contributed by atoms with van der Waals surface area (Å²) >= 11 is 6.03. The quantitative estimate of drug-likeness (QED) is 0.783. The summed E-state index contributed by atoms with van der Waals surface area (Å²) in [6.45, 7) is 3.23. The normalized spacial score (nSPS) is 22.9. The van der Waals surface area contributed by atoms with Gasteiger partial charge in [-0.25, -0.2) is 4.39 Å². The van der Waals surface area contributed by atoms with Crippen LogP contribution in [-0.4, -0.2) is 49.7 Å². The first-order chi connectivity index (χ1) is 13.1. The maximum atomic E-state index is 13.7. The minimum absolute atomic E-state index is 0.00231. The number of likely N-dealkylation sites (tertiary alicyclic amines) is 1. The van der Waals surface area contributed by atoms with Crippen LogP contribution in [0.25, 0.3) is 0 Å². The molecule has 0 radical (unpaired) electrons. The Balaban J connectivity index is 1.53. The summed E-state index contributed by atoms with van der Waals surface area (Å²) in [6, 6.07) is 14.0. The predicted molar refractivity (Wildman–Crippen MR) is 104 cm³/mol. The molecule has 2 aliphatic heterocycles. The lowest BCUT2D eigenvalue weighted by molar-refractivity contribution is 0.0521. The molecule has 0 aliphatic carbocycles. The molecule has 0 bridgehead atoms. The van der Waals surface area contributed by atoms with Crippen molar-refractivity contribution < 1.29 is 13.9 Å². The Morgan fingerprint density at radius 2 is 2.00 bits per heavy atom. The second-order valence-electron chi connectivity index (χ2n) is 7.13. The number of piperidine rings is 1. The molecular formula is C21H22ClFN2O2. The number of nitrogens with zero attached hydrogens (tertiary/aromatic N) is 2. The fraction of sp³-hybridized carbons (Fsp3) is 0.381. The molecule has 0 spiro atoms. The second-order valence-corrected chi connectivity index (χ2v) is 7.56. The zero-order chi connectivity index (χ0) is 18.8. The Labute approximate surface area is 163 Å². The first-order valence-corrected chi connectivity index (χ1v) is 9.64. The molecule has 0 aromatic heterocycles. The van der Waals surface area contributed by atoms with Crippen LogP contribution in [-0.2, 0) is 4.74 Å². The Hall–Kier alpha value is -2.11. The number of carbonyl (C=O) groups excluding carboxylic acids is 1. The molecule has 0 N–H and O–H groups in total. The maximum absolute atomic E-state index is 13.7. The highest BCUT2D eigenvalue weighted by Crippen LogP contribution is 2.30. The first-order valence-electron chi connectivity index (χ1n) is 9.26. The molecule has 1 amide bonds. The molecule has 142 valence electrons. The summed E-state index contributed by atoms with van der Waals surface area (Å²) in [7, 11) is 0. The molecule has 0 unspecified atom stereocenters. The van der Waals surface area contributed by atoms with Crippen molar-refractivity contribution in [2.45, 2.75) is 12.5 Å². The molecule has 2 fully saturated rings. The van der Waals surface area contributed by atoms with E-state index in [4.69, 9.17) is 16.3 Å². The summed E-state index contributed by atoms with van der Waals surface area (Å²) in [6.07, 6.45) is 0.830. The van der Waals surface area contributed by atoms with Crippen LogP contribution in [0.5, 0.6) is 0 Å². The zero-order valence-corrected chi connectivity index (χ0v) is 15.7. The van der Waals surface area contributed by atoms with Crippen LogP contribution >= 0.6 is 11.6 Å². The molecule has 4 rings (SSSR count). The van der Waals surface area contributed by atoms with Gasteiger partial charge in [-0.2, -0.15) is 0 Å². The number of ether oxygens (including phenoxy) is 1. The maximum Gasteiger partial charge on any atom is 0.253 e. The third-order valence-electron chi connectivity index (χ3n) is 5.40. The van der Waals surface area contributed by atoms with Crippen LogP contribution in [0.1, 0.15) is 16.8 Å². The average molecular weight is 389 g/mol. The topological polar surface area (TPSA) is 32.8 Å². The molecule has 6 heteroatoms. The summed E-state index contributed by atoms with van der Waals surface area (Å²) in [5.41, 5.74) is 1.49. The number of carbonyl (C=O) groups is 1. The van der Waals surface area contributed by atoms with Gasteiger partial charge in [-0.1, -0.05) is 23.7 Å². The lowest BCUT2D eigenvalue weighted by atomic mass is 9.90.